The molecular weight excluding hydrogens is 332 g/mol. The van der Waals surface area contributed by atoms with Gasteiger partial charge in [0.15, 0.2) is 5.69 Å². The lowest BCUT2D eigenvalue weighted by Crippen LogP contribution is -2.43. The van der Waals surface area contributed by atoms with Crippen molar-refractivity contribution in [1.82, 2.24) is 19.8 Å². The second kappa shape index (κ2) is 7.02. The van der Waals surface area contributed by atoms with Crippen LogP contribution >= 0.6 is 0 Å². The lowest BCUT2D eigenvalue weighted by molar-refractivity contribution is -0.141. The molecular formula is C19H28N4O3. The number of aryl methyl sites for hydroxylation is 1. The molecule has 0 atom stereocenters. The van der Waals surface area contributed by atoms with Gasteiger partial charge in [0.1, 0.15) is 0 Å². The van der Waals surface area contributed by atoms with Crippen LogP contribution in [-0.2, 0) is 17.9 Å². The number of nitrogens with zero attached hydrogens (tertiary/aromatic N) is 3. The largest absolute Gasteiger partial charge is 0.389 e. The van der Waals surface area contributed by atoms with Crippen LogP contribution in [-0.4, -0.2) is 49.6 Å². The molecule has 2 saturated carbocycles. The average Bonchev–Trinajstić information content (AvgIpc) is 3.18. The van der Waals surface area contributed by atoms with Gasteiger partial charge in [-0.2, -0.15) is 0 Å². The minimum absolute atomic E-state index is 0.0241. The molecule has 0 spiro atoms. The predicted octanol–water partition coefficient (Wildman–Crippen LogP) is 1.59. The number of carbonyl (C=O) groups is 2. The van der Waals surface area contributed by atoms with Crippen LogP contribution in [0.3, 0.4) is 0 Å². The fourth-order valence-electron chi connectivity index (χ4n) is 4.34. The Morgan fingerprint density at radius 1 is 1.19 bits per heavy atom. The Balaban J connectivity index is 1.47. The van der Waals surface area contributed by atoms with E-state index in [0.29, 0.717) is 31.6 Å². The molecule has 2 fully saturated rings. The predicted molar refractivity (Wildman–Crippen MR) is 95.4 cm³/mol. The highest BCUT2D eigenvalue weighted by Gasteiger charge is 2.38. The molecule has 0 unspecified atom stereocenters. The zero-order chi connectivity index (χ0) is 18.1. The van der Waals surface area contributed by atoms with Crippen molar-refractivity contribution in [3.63, 3.8) is 0 Å². The number of nitrogens with one attached hydrogen (secondary N) is 1. The summed E-state index contributed by atoms with van der Waals surface area (Å²) in [5.74, 6) is -0.151. The molecule has 142 valence electrons. The Kier molecular flexibility index (Phi) is 4.73. The lowest BCUT2D eigenvalue weighted by atomic mass is 9.77. The molecule has 0 aromatic carbocycles. The number of rotatable bonds is 4. The van der Waals surface area contributed by atoms with Gasteiger partial charge < -0.3 is 19.9 Å². The molecule has 3 aliphatic rings. The van der Waals surface area contributed by atoms with Crippen molar-refractivity contribution in [3.05, 3.63) is 17.7 Å². The summed E-state index contributed by atoms with van der Waals surface area (Å²) in [7, 11) is 0. The topological polar surface area (TPSA) is 87.5 Å². The molecule has 1 aliphatic heterocycles. The molecule has 0 bridgehead atoms. The Morgan fingerprint density at radius 3 is 2.65 bits per heavy atom. The number of fused-ring (bicyclic) bond motifs is 1. The summed E-state index contributed by atoms with van der Waals surface area (Å²) >= 11 is 0. The highest BCUT2D eigenvalue weighted by molar-refractivity contribution is 5.93. The van der Waals surface area contributed by atoms with Crippen LogP contribution in [0.25, 0.3) is 0 Å². The molecule has 7 heteroatoms. The van der Waals surface area contributed by atoms with Gasteiger partial charge in [0.25, 0.3) is 5.91 Å². The molecule has 2 amide bonds. The molecule has 2 aliphatic carbocycles. The third-order valence-corrected chi connectivity index (χ3v) is 6.14. The van der Waals surface area contributed by atoms with E-state index in [2.05, 4.69) is 10.3 Å². The van der Waals surface area contributed by atoms with Gasteiger partial charge in [0, 0.05) is 19.1 Å². The van der Waals surface area contributed by atoms with Gasteiger partial charge in [-0.25, -0.2) is 4.98 Å². The zero-order valence-corrected chi connectivity index (χ0v) is 15.2. The lowest BCUT2D eigenvalue weighted by Gasteiger charge is -2.37. The van der Waals surface area contributed by atoms with E-state index in [-0.39, 0.29) is 24.3 Å². The van der Waals surface area contributed by atoms with E-state index < -0.39 is 5.60 Å². The summed E-state index contributed by atoms with van der Waals surface area (Å²) in [6, 6.07) is 0.247. The summed E-state index contributed by atoms with van der Waals surface area (Å²) in [6.07, 6.45) is 9.53. The second-order valence-corrected chi connectivity index (χ2v) is 8.11. The summed E-state index contributed by atoms with van der Waals surface area (Å²) in [4.78, 5) is 31.5. The molecule has 7 nitrogen and oxygen atoms in total. The first-order chi connectivity index (χ1) is 12.5. The Labute approximate surface area is 153 Å². The van der Waals surface area contributed by atoms with E-state index in [4.69, 9.17) is 0 Å². The van der Waals surface area contributed by atoms with E-state index in [0.717, 1.165) is 50.8 Å². The van der Waals surface area contributed by atoms with Gasteiger partial charge in [-0.3, -0.25) is 9.59 Å². The first-order valence-corrected chi connectivity index (χ1v) is 9.89. The fourth-order valence-corrected chi connectivity index (χ4v) is 4.34. The number of imidazole rings is 1. The van der Waals surface area contributed by atoms with Gasteiger partial charge in [-0.1, -0.05) is 12.8 Å². The van der Waals surface area contributed by atoms with Crippen LogP contribution in [0.15, 0.2) is 6.33 Å². The van der Waals surface area contributed by atoms with E-state index in [1.165, 1.54) is 0 Å². The smallest absolute Gasteiger partial charge is 0.272 e. The van der Waals surface area contributed by atoms with E-state index >= 15 is 0 Å². The van der Waals surface area contributed by atoms with Crippen molar-refractivity contribution in [2.75, 3.05) is 6.54 Å². The first kappa shape index (κ1) is 17.5. The normalized spacial score (nSPS) is 22.4. The van der Waals surface area contributed by atoms with Crippen molar-refractivity contribution in [1.29, 1.82) is 0 Å². The average molecular weight is 360 g/mol. The maximum absolute atomic E-state index is 12.7. The maximum Gasteiger partial charge on any atom is 0.272 e. The van der Waals surface area contributed by atoms with Crippen molar-refractivity contribution >= 4 is 11.8 Å². The van der Waals surface area contributed by atoms with Crippen molar-refractivity contribution < 1.29 is 14.7 Å². The summed E-state index contributed by atoms with van der Waals surface area (Å²) in [6.45, 7) is 1.80. The molecule has 4 rings (SSSR count). The van der Waals surface area contributed by atoms with Crippen LogP contribution in [0.1, 0.15) is 74.0 Å². The quantitative estimate of drug-likeness (QED) is 0.854. The van der Waals surface area contributed by atoms with Crippen LogP contribution in [0.5, 0.6) is 0 Å². The molecule has 1 aromatic heterocycles. The van der Waals surface area contributed by atoms with Crippen LogP contribution < -0.4 is 5.32 Å². The van der Waals surface area contributed by atoms with Crippen LogP contribution in [0.2, 0.25) is 0 Å². The van der Waals surface area contributed by atoms with Gasteiger partial charge in [0.2, 0.25) is 5.91 Å². The van der Waals surface area contributed by atoms with Crippen molar-refractivity contribution in [2.24, 2.45) is 0 Å². The minimum atomic E-state index is -0.813. The fraction of sp³-hybridized carbons (Fsp3) is 0.737. The number of hydrogen-bond donors (Lipinski definition) is 2. The summed E-state index contributed by atoms with van der Waals surface area (Å²) in [5, 5.41) is 13.4. The monoisotopic (exact) mass is 360 g/mol. The molecule has 0 saturated heterocycles. The third-order valence-electron chi connectivity index (χ3n) is 6.14. The Bertz CT molecular complexity index is 689. The van der Waals surface area contributed by atoms with E-state index in [9.17, 15) is 14.7 Å². The molecule has 2 heterocycles. The maximum atomic E-state index is 12.7. The Morgan fingerprint density at radius 2 is 1.96 bits per heavy atom. The highest BCUT2D eigenvalue weighted by atomic mass is 16.3. The van der Waals surface area contributed by atoms with Crippen LogP contribution in [0, 0.1) is 0 Å². The molecule has 0 radical (unpaired) electrons. The third kappa shape index (κ3) is 3.49. The Hall–Kier alpha value is -1.89. The number of hydrogen-bond acceptors (Lipinski definition) is 4. The standard InChI is InChI=1S/C19H28N4O3/c24-16(11-19(26)7-3-8-19)22-9-4-10-23-13-20-17(15(23)12-22)18(25)21-14-5-1-2-6-14/h13-14,26H,1-12H2,(H,21,25). The molecule has 1 aromatic rings. The number of aromatic nitrogens is 2. The first-order valence-electron chi connectivity index (χ1n) is 9.89. The highest BCUT2D eigenvalue weighted by Crippen LogP contribution is 2.35. The summed E-state index contributed by atoms with van der Waals surface area (Å²) in [5.41, 5.74) is 0.442. The number of aliphatic hydroxyl groups is 1. The van der Waals surface area contributed by atoms with E-state index in [1.807, 2.05) is 4.57 Å². The van der Waals surface area contributed by atoms with Gasteiger partial charge in [-0.05, 0) is 38.5 Å². The summed E-state index contributed by atoms with van der Waals surface area (Å²) < 4.78 is 1.99. The number of amides is 2. The second-order valence-electron chi connectivity index (χ2n) is 8.11. The minimum Gasteiger partial charge on any atom is -0.389 e. The molecule has 26 heavy (non-hydrogen) atoms. The SMILES string of the molecule is O=C(NC1CCCC1)c1ncn2c1CN(C(=O)CC1(O)CCC1)CCC2. The van der Waals surface area contributed by atoms with E-state index in [1.54, 1.807) is 11.2 Å². The van der Waals surface area contributed by atoms with Crippen molar-refractivity contribution in [3.8, 4) is 0 Å². The molecule has 2 N–H and O–H groups in total. The number of carbonyl (C=O) groups excluding carboxylic acids is 2. The van der Waals surface area contributed by atoms with Gasteiger partial charge in [-0.15, -0.1) is 0 Å². The zero-order valence-electron chi connectivity index (χ0n) is 15.2. The van der Waals surface area contributed by atoms with Crippen molar-refractivity contribution in [2.45, 2.75) is 82.5 Å². The van der Waals surface area contributed by atoms with Crippen LogP contribution in [0.4, 0.5) is 0 Å². The van der Waals surface area contributed by atoms with Gasteiger partial charge >= 0.3 is 0 Å². The van der Waals surface area contributed by atoms with Gasteiger partial charge in [0.05, 0.1) is 30.6 Å².